The lowest BCUT2D eigenvalue weighted by Crippen LogP contribution is -2.45. The van der Waals surface area contributed by atoms with Gasteiger partial charge in [-0.15, -0.1) is 0 Å². The number of hydrogen-bond donors (Lipinski definition) is 2. The van der Waals surface area contributed by atoms with Crippen molar-refractivity contribution in [2.45, 2.75) is 38.9 Å². The van der Waals surface area contributed by atoms with Crippen LogP contribution >= 0.6 is 0 Å². The Morgan fingerprint density at radius 1 is 1.27 bits per heavy atom. The molecule has 9 heteroatoms. The van der Waals surface area contributed by atoms with Crippen LogP contribution in [0.2, 0.25) is 0 Å². The van der Waals surface area contributed by atoms with Gasteiger partial charge in [-0.3, -0.25) is 14.5 Å². The van der Waals surface area contributed by atoms with Gasteiger partial charge in [-0.25, -0.2) is 4.98 Å². The minimum Gasteiger partial charge on any atom is -0.352 e. The van der Waals surface area contributed by atoms with Gasteiger partial charge in [0.25, 0.3) is 5.82 Å². The molecule has 0 bridgehead atoms. The second kappa shape index (κ2) is 8.37. The fourth-order valence-corrected chi connectivity index (χ4v) is 2.86. The third-order valence-corrected chi connectivity index (χ3v) is 4.20. The van der Waals surface area contributed by atoms with Crippen molar-refractivity contribution in [2.24, 2.45) is 5.92 Å². The summed E-state index contributed by atoms with van der Waals surface area (Å²) in [4.78, 5) is 28.3. The number of piperidine rings is 1. The van der Waals surface area contributed by atoms with Crippen molar-refractivity contribution < 1.29 is 27.7 Å². The highest BCUT2D eigenvalue weighted by atomic mass is 19.4. The summed E-state index contributed by atoms with van der Waals surface area (Å²) in [6.45, 7) is 4.74. The van der Waals surface area contributed by atoms with Crippen molar-refractivity contribution in [2.75, 3.05) is 24.5 Å². The zero-order valence-electron chi connectivity index (χ0n) is 14.8. The number of hydrogen-bond acceptors (Lipinski definition) is 3. The van der Waals surface area contributed by atoms with Crippen LogP contribution in [0.4, 0.5) is 19.0 Å². The summed E-state index contributed by atoms with van der Waals surface area (Å²) >= 11 is 0. The molecule has 1 aromatic rings. The number of halogens is 3. The Morgan fingerprint density at radius 3 is 2.42 bits per heavy atom. The van der Waals surface area contributed by atoms with Crippen LogP contribution in [0.15, 0.2) is 18.3 Å². The summed E-state index contributed by atoms with van der Waals surface area (Å²) in [5.74, 6) is -0.00851. The first-order chi connectivity index (χ1) is 12.2. The summed E-state index contributed by atoms with van der Waals surface area (Å²) in [5, 5.41) is 5.33. The Hall–Kier alpha value is -2.32. The van der Waals surface area contributed by atoms with Gasteiger partial charge >= 0.3 is 6.18 Å². The number of anilines is 1. The SMILES string of the molecule is CC(C)NC(=O)CNC(=O)C1CCN(c2ccc(C(F)(F)F)c[nH+]2)CC1. The van der Waals surface area contributed by atoms with E-state index in [2.05, 4.69) is 15.6 Å². The van der Waals surface area contributed by atoms with Crippen LogP contribution in [0, 0.1) is 5.92 Å². The second-order valence-corrected chi connectivity index (χ2v) is 6.66. The lowest BCUT2D eigenvalue weighted by atomic mass is 9.96. The van der Waals surface area contributed by atoms with E-state index in [0.717, 1.165) is 12.3 Å². The maximum atomic E-state index is 12.6. The summed E-state index contributed by atoms with van der Waals surface area (Å²) in [7, 11) is 0. The smallest absolute Gasteiger partial charge is 0.352 e. The molecule has 26 heavy (non-hydrogen) atoms. The number of nitrogens with one attached hydrogen (secondary N) is 3. The minimum atomic E-state index is -4.37. The van der Waals surface area contributed by atoms with Gasteiger partial charge in [0.1, 0.15) is 6.20 Å². The first kappa shape index (κ1) is 20.0. The molecule has 3 N–H and O–H groups in total. The van der Waals surface area contributed by atoms with E-state index in [9.17, 15) is 22.8 Å². The fraction of sp³-hybridized carbons (Fsp3) is 0.588. The van der Waals surface area contributed by atoms with E-state index in [4.69, 9.17) is 0 Å². The lowest BCUT2D eigenvalue weighted by Gasteiger charge is -2.27. The van der Waals surface area contributed by atoms with Crippen molar-refractivity contribution in [3.8, 4) is 0 Å². The highest BCUT2D eigenvalue weighted by molar-refractivity contribution is 5.86. The van der Waals surface area contributed by atoms with Gasteiger partial charge in [0.15, 0.2) is 0 Å². The monoisotopic (exact) mass is 373 g/mol. The summed E-state index contributed by atoms with van der Waals surface area (Å²) in [6, 6.07) is 2.46. The predicted molar refractivity (Wildman–Crippen MR) is 89.2 cm³/mol. The van der Waals surface area contributed by atoms with Crippen LogP contribution in [-0.4, -0.2) is 37.5 Å². The highest BCUT2D eigenvalue weighted by Crippen LogP contribution is 2.29. The van der Waals surface area contributed by atoms with Gasteiger partial charge in [0.05, 0.1) is 25.2 Å². The van der Waals surface area contributed by atoms with Crippen LogP contribution in [0.5, 0.6) is 0 Å². The third kappa shape index (κ3) is 5.60. The number of pyridine rings is 1. The van der Waals surface area contributed by atoms with Crippen LogP contribution < -0.4 is 20.5 Å². The number of aromatic nitrogens is 1. The molecule has 0 saturated carbocycles. The molecule has 1 saturated heterocycles. The molecule has 2 amide bonds. The van der Waals surface area contributed by atoms with Gasteiger partial charge in [-0.05, 0) is 32.8 Å². The number of carbonyl (C=O) groups excluding carboxylic acids is 2. The average Bonchev–Trinajstić information content (AvgIpc) is 2.58. The molecule has 2 heterocycles. The zero-order valence-corrected chi connectivity index (χ0v) is 14.8. The average molecular weight is 373 g/mol. The number of H-pyrrole nitrogens is 1. The van der Waals surface area contributed by atoms with Crippen LogP contribution in [-0.2, 0) is 15.8 Å². The summed E-state index contributed by atoms with van der Waals surface area (Å²) < 4.78 is 37.8. The molecule has 0 atom stereocenters. The number of carbonyl (C=O) groups is 2. The molecule has 1 fully saturated rings. The normalized spacial score (nSPS) is 15.8. The quantitative estimate of drug-likeness (QED) is 0.819. The Kier molecular flexibility index (Phi) is 6.44. The summed E-state index contributed by atoms with van der Waals surface area (Å²) in [6.07, 6.45) is -2.28. The predicted octanol–water partition coefficient (Wildman–Crippen LogP) is 1.38. The molecule has 0 spiro atoms. The zero-order chi connectivity index (χ0) is 19.3. The Morgan fingerprint density at radius 2 is 1.92 bits per heavy atom. The van der Waals surface area contributed by atoms with Gasteiger partial charge in [0.2, 0.25) is 11.8 Å². The van der Waals surface area contributed by atoms with Crippen molar-refractivity contribution in [3.05, 3.63) is 23.9 Å². The van der Waals surface area contributed by atoms with Crippen molar-refractivity contribution in [1.82, 2.24) is 10.6 Å². The molecule has 144 valence electrons. The van der Waals surface area contributed by atoms with E-state index < -0.39 is 11.7 Å². The topological polar surface area (TPSA) is 75.6 Å². The Balaban J connectivity index is 1.81. The molecular formula is C17H24F3N4O2+. The molecule has 1 aliphatic heterocycles. The van der Waals surface area contributed by atoms with Gasteiger partial charge in [-0.2, -0.15) is 13.2 Å². The largest absolute Gasteiger partial charge is 0.419 e. The van der Waals surface area contributed by atoms with E-state index in [1.54, 1.807) is 0 Å². The van der Waals surface area contributed by atoms with Crippen LogP contribution in [0.1, 0.15) is 32.3 Å². The maximum Gasteiger partial charge on any atom is 0.419 e. The molecule has 1 aliphatic rings. The van der Waals surface area contributed by atoms with Gasteiger partial charge in [0, 0.05) is 18.0 Å². The lowest BCUT2D eigenvalue weighted by molar-refractivity contribution is -0.367. The van der Waals surface area contributed by atoms with E-state index in [1.165, 1.54) is 6.07 Å². The van der Waals surface area contributed by atoms with E-state index in [-0.39, 0.29) is 30.3 Å². The van der Waals surface area contributed by atoms with E-state index >= 15 is 0 Å². The molecular weight excluding hydrogens is 349 g/mol. The van der Waals surface area contributed by atoms with Crippen molar-refractivity contribution >= 4 is 17.6 Å². The van der Waals surface area contributed by atoms with Gasteiger partial charge in [-0.1, -0.05) is 0 Å². The minimum absolute atomic E-state index is 0.0163. The molecule has 1 aromatic heterocycles. The molecule has 6 nitrogen and oxygen atoms in total. The van der Waals surface area contributed by atoms with Gasteiger partial charge < -0.3 is 10.6 Å². The standard InChI is InChI=1S/C17H23F3N4O2/c1-11(2)23-15(25)10-22-16(26)12-5-7-24(8-6-12)14-4-3-13(9-21-14)17(18,19)20/h3-4,9,11-12H,5-8,10H2,1-2H3,(H,22,26)(H,23,25)/p+1. The van der Waals surface area contributed by atoms with Crippen LogP contribution in [0.25, 0.3) is 0 Å². The fourth-order valence-electron chi connectivity index (χ4n) is 2.86. The number of rotatable bonds is 5. The molecule has 0 aliphatic carbocycles. The Bertz CT molecular complexity index is 624. The molecule has 0 radical (unpaired) electrons. The molecule has 2 rings (SSSR count). The number of amides is 2. The van der Waals surface area contributed by atoms with Crippen LogP contribution in [0.3, 0.4) is 0 Å². The highest BCUT2D eigenvalue weighted by Gasteiger charge is 2.33. The van der Waals surface area contributed by atoms with E-state index in [1.807, 2.05) is 18.7 Å². The van der Waals surface area contributed by atoms with Crippen molar-refractivity contribution in [1.29, 1.82) is 0 Å². The maximum absolute atomic E-state index is 12.6. The van der Waals surface area contributed by atoms with Crippen molar-refractivity contribution in [3.63, 3.8) is 0 Å². The number of aromatic amines is 1. The van der Waals surface area contributed by atoms with E-state index in [0.29, 0.717) is 31.7 Å². The Labute approximate surface area is 150 Å². The number of nitrogens with zero attached hydrogens (tertiary/aromatic N) is 1. The first-order valence-electron chi connectivity index (χ1n) is 8.57. The first-order valence-corrected chi connectivity index (χ1v) is 8.57. The molecule has 0 unspecified atom stereocenters. The third-order valence-electron chi connectivity index (χ3n) is 4.20. The number of alkyl halides is 3. The second-order valence-electron chi connectivity index (χ2n) is 6.66. The summed E-state index contributed by atoms with van der Waals surface area (Å²) in [5.41, 5.74) is -0.727. The molecule has 0 aromatic carbocycles.